The Labute approximate surface area is 199 Å². The number of aliphatic carboxylic acids is 1. The van der Waals surface area contributed by atoms with E-state index >= 15 is 0 Å². The topological polar surface area (TPSA) is 75.6 Å². The summed E-state index contributed by atoms with van der Waals surface area (Å²) in [6, 6.07) is 12.0. The Hall–Kier alpha value is -2.60. The van der Waals surface area contributed by atoms with E-state index in [0.717, 1.165) is 31.2 Å². The van der Waals surface area contributed by atoms with E-state index in [1.807, 2.05) is 26.0 Å². The first-order valence-electron chi connectivity index (χ1n) is 11.4. The number of nitrogens with one attached hydrogen (secondary N) is 1. The van der Waals surface area contributed by atoms with E-state index in [1.165, 1.54) is 18.6 Å². The summed E-state index contributed by atoms with van der Waals surface area (Å²) in [5, 5.41) is 12.8. The SMILES string of the molecule is CC(C)(c1cccc(Cl)c1)C(OC(=O)NC(CC1CCCCC1)C(=O)O)c1ccc(F)cc1. The lowest BCUT2D eigenvalue weighted by Gasteiger charge is -2.35. The highest BCUT2D eigenvalue weighted by Gasteiger charge is 2.37. The predicted molar refractivity (Wildman–Crippen MR) is 126 cm³/mol. The normalized spacial score (nSPS) is 16.6. The molecule has 1 aliphatic carbocycles. The second-order valence-corrected chi connectivity index (χ2v) is 9.78. The standard InChI is InChI=1S/C26H31ClFNO4/c1-26(2,19-9-6-10-20(27)16-19)23(18-11-13-21(28)14-12-18)33-25(32)29-22(24(30)31)15-17-7-4-3-5-8-17/h6,9-14,16-17,22-23H,3-5,7-8,15H2,1-2H3,(H,29,32)(H,30,31). The molecule has 2 aromatic carbocycles. The van der Waals surface area contributed by atoms with E-state index in [-0.39, 0.29) is 5.92 Å². The summed E-state index contributed by atoms with van der Waals surface area (Å²) in [4.78, 5) is 24.7. The van der Waals surface area contributed by atoms with Gasteiger partial charge in [-0.3, -0.25) is 0 Å². The fraction of sp³-hybridized carbons (Fsp3) is 0.462. The molecule has 0 heterocycles. The summed E-state index contributed by atoms with van der Waals surface area (Å²) in [5.41, 5.74) is 0.687. The van der Waals surface area contributed by atoms with Crippen molar-refractivity contribution < 1.29 is 23.8 Å². The van der Waals surface area contributed by atoms with Crippen molar-refractivity contribution in [2.75, 3.05) is 0 Å². The van der Waals surface area contributed by atoms with Crippen molar-refractivity contribution >= 4 is 23.7 Å². The van der Waals surface area contributed by atoms with Crippen LogP contribution in [0.1, 0.15) is 69.6 Å². The second kappa shape index (κ2) is 11.0. The number of rotatable bonds is 8. The number of amides is 1. The molecule has 2 aromatic rings. The molecule has 0 spiro atoms. The van der Waals surface area contributed by atoms with Crippen LogP contribution in [0.3, 0.4) is 0 Å². The van der Waals surface area contributed by atoms with Crippen LogP contribution in [0.25, 0.3) is 0 Å². The lowest BCUT2D eigenvalue weighted by molar-refractivity contribution is -0.140. The Morgan fingerprint density at radius 3 is 2.42 bits per heavy atom. The third kappa shape index (κ3) is 6.70. The van der Waals surface area contributed by atoms with Gasteiger partial charge in [-0.2, -0.15) is 0 Å². The van der Waals surface area contributed by atoms with Crippen LogP contribution < -0.4 is 5.32 Å². The molecule has 2 N–H and O–H groups in total. The van der Waals surface area contributed by atoms with Gasteiger partial charge >= 0.3 is 12.1 Å². The molecule has 1 aliphatic rings. The van der Waals surface area contributed by atoms with Gasteiger partial charge in [-0.15, -0.1) is 0 Å². The smallest absolute Gasteiger partial charge is 0.408 e. The van der Waals surface area contributed by atoms with Gasteiger partial charge in [-0.25, -0.2) is 14.0 Å². The number of hydrogen-bond donors (Lipinski definition) is 2. The summed E-state index contributed by atoms with van der Waals surface area (Å²) in [5.74, 6) is -1.21. The van der Waals surface area contributed by atoms with Gasteiger partial charge in [0.05, 0.1) is 0 Å². The first-order chi connectivity index (χ1) is 15.7. The predicted octanol–water partition coefficient (Wildman–Crippen LogP) is 6.65. The minimum atomic E-state index is -1.08. The summed E-state index contributed by atoms with van der Waals surface area (Å²) < 4.78 is 19.4. The maximum Gasteiger partial charge on any atom is 0.408 e. The quantitative estimate of drug-likeness (QED) is 0.448. The summed E-state index contributed by atoms with van der Waals surface area (Å²) in [6.07, 6.45) is 4.04. The maximum atomic E-state index is 13.6. The van der Waals surface area contributed by atoms with Crippen molar-refractivity contribution in [3.8, 4) is 0 Å². The lowest BCUT2D eigenvalue weighted by atomic mass is 9.76. The number of carbonyl (C=O) groups is 2. The average Bonchev–Trinajstić information content (AvgIpc) is 2.78. The molecule has 2 unspecified atom stereocenters. The van der Waals surface area contributed by atoms with Gasteiger partial charge < -0.3 is 15.2 Å². The first kappa shape index (κ1) is 25.0. The van der Waals surface area contributed by atoms with Gasteiger partial charge in [0.15, 0.2) is 0 Å². The largest absolute Gasteiger partial charge is 0.480 e. The molecule has 0 saturated heterocycles. The van der Waals surface area contributed by atoms with E-state index < -0.39 is 35.4 Å². The number of halogens is 2. The third-order valence-electron chi connectivity index (χ3n) is 6.51. The zero-order valence-electron chi connectivity index (χ0n) is 19.0. The van der Waals surface area contributed by atoms with Crippen LogP contribution in [-0.4, -0.2) is 23.2 Å². The van der Waals surface area contributed by atoms with Crippen LogP contribution in [0.5, 0.6) is 0 Å². The van der Waals surface area contributed by atoms with Gasteiger partial charge in [0, 0.05) is 10.4 Å². The molecule has 33 heavy (non-hydrogen) atoms. The van der Waals surface area contributed by atoms with Crippen molar-refractivity contribution in [3.63, 3.8) is 0 Å². The Kier molecular flexibility index (Phi) is 8.35. The van der Waals surface area contributed by atoms with Crippen LogP contribution in [0, 0.1) is 11.7 Å². The molecular weight excluding hydrogens is 445 g/mol. The monoisotopic (exact) mass is 475 g/mol. The van der Waals surface area contributed by atoms with Crippen molar-refractivity contribution in [1.29, 1.82) is 0 Å². The number of alkyl carbamates (subject to hydrolysis) is 1. The molecule has 1 fully saturated rings. The molecule has 0 aromatic heterocycles. The highest BCUT2D eigenvalue weighted by Crippen LogP contribution is 2.40. The number of carboxylic acids is 1. The molecule has 5 nitrogen and oxygen atoms in total. The second-order valence-electron chi connectivity index (χ2n) is 9.34. The number of hydrogen-bond acceptors (Lipinski definition) is 3. The average molecular weight is 476 g/mol. The fourth-order valence-corrected chi connectivity index (χ4v) is 4.76. The Morgan fingerprint density at radius 2 is 1.82 bits per heavy atom. The van der Waals surface area contributed by atoms with Crippen LogP contribution in [-0.2, 0) is 14.9 Å². The van der Waals surface area contributed by atoms with Crippen LogP contribution in [0.2, 0.25) is 5.02 Å². The zero-order valence-corrected chi connectivity index (χ0v) is 19.8. The van der Waals surface area contributed by atoms with E-state index in [0.29, 0.717) is 17.0 Å². The van der Waals surface area contributed by atoms with Crippen molar-refractivity contribution in [1.82, 2.24) is 5.32 Å². The molecular formula is C26H31ClFNO4. The number of benzene rings is 2. The lowest BCUT2D eigenvalue weighted by Crippen LogP contribution is -2.44. The molecule has 1 saturated carbocycles. The van der Waals surface area contributed by atoms with Crippen molar-refractivity contribution in [3.05, 3.63) is 70.5 Å². The van der Waals surface area contributed by atoms with Gasteiger partial charge in [0.2, 0.25) is 0 Å². The minimum absolute atomic E-state index is 0.274. The van der Waals surface area contributed by atoms with Crippen LogP contribution in [0.4, 0.5) is 9.18 Å². The summed E-state index contributed by atoms with van der Waals surface area (Å²) in [7, 11) is 0. The van der Waals surface area contributed by atoms with Crippen LogP contribution in [0.15, 0.2) is 48.5 Å². The molecule has 0 radical (unpaired) electrons. The van der Waals surface area contributed by atoms with Gasteiger partial charge in [0.25, 0.3) is 0 Å². The zero-order chi connectivity index (χ0) is 24.0. The van der Waals surface area contributed by atoms with E-state index in [9.17, 15) is 19.1 Å². The molecule has 2 atom stereocenters. The van der Waals surface area contributed by atoms with Gasteiger partial charge in [-0.05, 0) is 47.7 Å². The Balaban J connectivity index is 1.82. The molecule has 0 aliphatic heterocycles. The van der Waals surface area contributed by atoms with Crippen molar-refractivity contribution in [2.24, 2.45) is 5.92 Å². The minimum Gasteiger partial charge on any atom is -0.480 e. The van der Waals surface area contributed by atoms with E-state index in [2.05, 4.69) is 5.32 Å². The Morgan fingerprint density at radius 1 is 1.15 bits per heavy atom. The highest BCUT2D eigenvalue weighted by molar-refractivity contribution is 6.30. The summed E-state index contributed by atoms with van der Waals surface area (Å²) in [6.45, 7) is 3.80. The van der Waals surface area contributed by atoms with E-state index in [1.54, 1.807) is 24.3 Å². The molecule has 1 amide bonds. The fourth-order valence-electron chi connectivity index (χ4n) is 4.57. The number of carboxylic acid groups (broad SMARTS) is 1. The van der Waals surface area contributed by atoms with Gasteiger partial charge in [-0.1, -0.05) is 81.8 Å². The molecule has 0 bridgehead atoms. The molecule has 7 heteroatoms. The maximum absolute atomic E-state index is 13.6. The first-order valence-corrected chi connectivity index (χ1v) is 11.8. The van der Waals surface area contributed by atoms with Crippen molar-refractivity contribution in [2.45, 2.75) is 69.9 Å². The molecule has 178 valence electrons. The van der Waals surface area contributed by atoms with Crippen LogP contribution >= 0.6 is 11.6 Å². The molecule has 3 rings (SSSR count). The number of ether oxygens (including phenoxy) is 1. The third-order valence-corrected chi connectivity index (χ3v) is 6.74. The van der Waals surface area contributed by atoms with E-state index in [4.69, 9.17) is 16.3 Å². The van der Waals surface area contributed by atoms with Gasteiger partial charge in [0.1, 0.15) is 18.0 Å². The number of carbonyl (C=O) groups excluding carboxylic acids is 1. The summed E-state index contributed by atoms with van der Waals surface area (Å²) >= 11 is 6.19. The Bertz CT molecular complexity index is 957. The highest BCUT2D eigenvalue weighted by atomic mass is 35.5.